The molecular formula is C27H31N7O2. The molecule has 1 fully saturated rings. The van der Waals surface area contributed by atoms with E-state index in [2.05, 4.69) is 19.9 Å². The number of nitrogens with zero attached hydrogens (tertiary/aromatic N) is 6. The number of pyridine rings is 2. The maximum atomic E-state index is 12.5. The molecule has 4 aromatic rings. The Morgan fingerprint density at radius 3 is 2.72 bits per heavy atom. The van der Waals surface area contributed by atoms with Crippen molar-refractivity contribution in [1.82, 2.24) is 29.4 Å². The molecule has 4 aromatic heterocycles. The third-order valence-corrected chi connectivity index (χ3v) is 6.98. The Balaban J connectivity index is 1.27. The summed E-state index contributed by atoms with van der Waals surface area (Å²) in [4.78, 5) is 32.9. The zero-order valence-electron chi connectivity index (χ0n) is 21.0. The van der Waals surface area contributed by atoms with Crippen molar-refractivity contribution < 1.29 is 9.53 Å². The Kier molecular flexibility index (Phi) is 5.50. The third kappa shape index (κ3) is 4.23. The minimum atomic E-state index is -0.509. The summed E-state index contributed by atoms with van der Waals surface area (Å²) in [5.41, 5.74) is 3.56. The summed E-state index contributed by atoms with van der Waals surface area (Å²) in [6, 6.07) is 6.42. The van der Waals surface area contributed by atoms with Crippen LogP contribution in [0.1, 0.15) is 63.8 Å². The number of hydrogen-bond acceptors (Lipinski definition) is 7. The molecule has 1 N–H and O–H groups in total. The van der Waals surface area contributed by atoms with Gasteiger partial charge in [0.1, 0.15) is 17.1 Å². The lowest BCUT2D eigenvalue weighted by atomic mass is 10.1. The highest BCUT2D eigenvalue weighted by molar-refractivity contribution is 6.06. The normalized spacial score (nSPS) is 16.5. The lowest BCUT2D eigenvalue weighted by Crippen LogP contribution is -2.40. The van der Waals surface area contributed by atoms with Gasteiger partial charge in [0, 0.05) is 47.9 Å². The lowest BCUT2D eigenvalue weighted by Gasteiger charge is -2.30. The van der Waals surface area contributed by atoms with Crippen molar-refractivity contribution >= 4 is 39.8 Å². The van der Waals surface area contributed by atoms with E-state index in [9.17, 15) is 4.79 Å². The summed E-state index contributed by atoms with van der Waals surface area (Å²) in [7, 11) is 0. The molecule has 1 amide bonds. The molecule has 0 unspecified atom stereocenters. The van der Waals surface area contributed by atoms with Gasteiger partial charge in [-0.05, 0) is 51.3 Å². The average molecular weight is 486 g/mol. The van der Waals surface area contributed by atoms with Gasteiger partial charge in [-0.25, -0.2) is 14.8 Å². The van der Waals surface area contributed by atoms with Crippen LogP contribution in [-0.2, 0) is 17.7 Å². The number of nitrogens with one attached hydrogen (secondary N) is 1. The first-order valence-corrected chi connectivity index (χ1v) is 12.7. The summed E-state index contributed by atoms with van der Waals surface area (Å²) in [5.74, 6) is 1.22. The van der Waals surface area contributed by atoms with Crippen LogP contribution in [0.3, 0.4) is 0 Å². The zero-order chi connectivity index (χ0) is 24.9. The SMILES string of the molecule is CC(C)(C)OC(=O)N1CCc2nc(Nc3ncc4c5ccncc5n(C5CCCC5)c4n3)ccc2C1. The molecule has 1 saturated carbocycles. The van der Waals surface area contributed by atoms with Gasteiger partial charge in [-0.15, -0.1) is 0 Å². The maximum absolute atomic E-state index is 12.5. The monoisotopic (exact) mass is 485 g/mol. The number of fused-ring (bicyclic) bond motifs is 4. The fraction of sp³-hybridized carbons (Fsp3) is 0.444. The van der Waals surface area contributed by atoms with Crippen molar-refractivity contribution in [2.24, 2.45) is 0 Å². The average Bonchev–Trinajstić information content (AvgIpc) is 3.48. The van der Waals surface area contributed by atoms with Crippen molar-refractivity contribution in [2.45, 2.75) is 71.1 Å². The first-order chi connectivity index (χ1) is 17.4. The van der Waals surface area contributed by atoms with Crippen molar-refractivity contribution in [3.05, 3.63) is 48.0 Å². The molecule has 2 aliphatic rings. The van der Waals surface area contributed by atoms with Crippen LogP contribution in [0.15, 0.2) is 36.8 Å². The number of ether oxygens (including phenoxy) is 1. The Hall–Kier alpha value is -3.75. The molecule has 0 atom stereocenters. The summed E-state index contributed by atoms with van der Waals surface area (Å²) in [6.07, 6.45) is 10.9. The molecule has 6 rings (SSSR count). The van der Waals surface area contributed by atoms with Crippen molar-refractivity contribution in [3.63, 3.8) is 0 Å². The van der Waals surface area contributed by atoms with E-state index in [-0.39, 0.29) is 6.09 Å². The summed E-state index contributed by atoms with van der Waals surface area (Å²) >= 11 is 0. The molecule has 0 aromatic carbocycles. The predicted octanol–water partition coefficient (Wildman–Crippen LogP) is 5.53. The number of aromatic nitrogens is 5. The van der Waals surface area contributed by atoms with E-state index in [1.54, 1.807) is 4.90 Å². The highest BCUT2D eigenvalue weighted by Gasteiger charge is 2.27. The smallest absolute Gasteiger partial charge is 0.410 e. The minimum Gasteiger partial charge on any atom is -0.444 e. The fourth-order valence-electron chi connectivity index (χ4n) is 5.34. The Bertz CT molecular complexity index is 1450. The van der Waals surface area contributed by atoms with Gasteiger partial charge in [-0.3, -0.25) is 4.98 Å². The second kappa shape index (κ2) is 8.72. The number of carbonyl (C=O) groups is 1. The highest BCUT2D eigenvalue weighted by Crippen LogP contribution is 2.37. The lowest BCUT2D eigenvalue weighted by molar-refractivity contribution is 0.0223. The van der Waals surface area contributed by atoms with Crippen LogP contribution in [-0.4, -0.2) is 47.6 Å². The van der Waals surface area contributed by atoms with E-state index in [1.807, 2.05) is 57.6 Å². The highest BCUT2D eigenvalue weighted by atomic mass is 16.6. The van der Waals surface area contributed by atoms with E-state index < -0.39 is 5.60 Å². The largest absolute Gasteiger partial charge is 0.444 e. The number of rotatable bonds is 3. The van der Waals surface area contributed by atoms with Gasteiger partial charge >= 0.3 is 6.09 Å². The number of hydrogen-bond donors (Lipinski definition) is 1. The Labute approximate surface area is 209 Å². The van der Waals surface area contributed by atoms with Crippen LogP contribution < -0.4 is 5.32 Å². The van der Waals surface area contributed by atoms with Crippen molar-refractivity contribution in [2.75, 3.05) is 11.9 Å². The zero-order valence-corrected chi connectivity index (χ0v) is 21.0. The number of anilines is 2. The molecule has 9 nitrogen and oxygen atoms in total. The van der Waals surface area contributed by atoms with Gasteiger partial charge in [-0.2, -0.15) is 4.98 Å². The van der Waals surface area contributed by atoms with Crippen LogP contribution in [0, 0.1) is 0 Å². The van der Waals surface area contributed by atoms with Crippen LogP contribution in [0.25, 0.3) is 21.9 Å². The molecule has 0 saturated heterocycles. The van der Waals surface area contributed by atoms with Gasteiger partial charge < -0.3 is 19.5 Å². The van der Waals surface area contributed by atoms with E-state index in [1.165, 1.54) is 12.8 Å². The van der Waals surface area contributed by atoms with Crippen molar-refractivity contribution in [1.29, 1.82) is 0 Å². The van der Waals surface area contributed by atoms with E-state index in [0.717, 1.165) is 46.0 Å². The van der Waals surface area contributed by atoms with E-state index >= 15 is 0 Å². The molecule has 0 bridgehead atoms. The predicted molar refractivity (Wildman–Crippen MR) is 138 cm³/mol. The summed E-state index contributed by atoms with van der Waals surface area (Å²) in [5, 5.41) is 5.49. The molecule has 1 aliphatic carbocycles. The van der Waals surface area contributed by atoms with E-state index in [0.29, 0.717) is 37.3 Å². The Morgan fingerprint density at radius 2 is 1.92 bits per heavy atom. The molecule has 5 heterocycles. The standard InChI is InChI=1S/C27H31N7O2/c1-27(2,3)36-26(35)33-13-11-21-17(16-33)8-9-23(30-21)31-25-29-14-20-19-10-12-28-15-22(19)34(24(20)32-25)18-6-4-5-7-18/h8-10,12,14-15,18H,4-7,11,13,16H2,1-3H3,(H,29,30,31,32). The summed E-state index contributed by atoms with van der Waals surface area (Å²) in [6.45, 7) is 6.72. The third-order valence-electron chi connectivity index (χ3n) is 6.98. The second-order valence-corrected chi connectivity index (χ2v) is 10.7. The first-order valence-electron chi connectivity index (χ1n) is 12.7. The van der Waals surface area contributed by atoms with Gasteiger partial charge in [0.05, 0.1) is 18.3 Å². The van der Waals surface area contributed by atoms with Crippen LogP contribution in [0.4, 0.5) is 16.6 Å². The van der Waals surface area contributed by atoms with Gasteiger partial charge in [0.25, 0.3) is 0 Å². The topological polar surface area (TPSA) is 98.1 Å². The van der Waals surface area contributed by atoms with Crippen LogP contribution in [0.5, 0.6) is 0 Å². The number of amides is 1. The molecule has 9 heteroatoms. The molecule has 0 spiro atoms. The molecular weight excluding hydrogens is 454 g/mol. The summed E-state index contributed by atoms with van der Waals surface area (Å²) < 4.78 is 7.88. The van der Waals surface area contributed by atoms with Crippen LogP contribution in [0.2, 0.25) is 0 Å². The Morgan fingerprint density at radius 1 is 1.08 bits per heavy atom. The quantitative estimate of drug-likeness (QED) is 0.408. The van der Waals surface area contributed by atoms with Gasteiger partial charge in [0.15, 0.2) is 0 Å². The fourth-order valence-corrected chi connectivity index (χ4v) is 5.34. The van der Waals surface area contributed by atoms with Gasteiger partial charge in [-0.1, -0.05) is 18.9 Å². The molecule has 0 radical (unpaired) electrons. The van der Waals surface area contributed by atoms with E-state index in [4.69, 9.17) is 14.7 Å². The first kappa shape index (κ1) is 22.7. The van der Waals surface area contributed by atoms with Crippen molar-refractivity contribution in [3.8, 4) is 0 Å². The van der Waals surface area contributed by atoms with Crippen LogP contribution >= 0.6 is 0 Å². The van der Waals surface area contributed by atoms with Gasteiger partial charge in [0.2, 0.25) is 5.95 Å². The minimum absolute atomic E-state index is 0.287. The second-order valence-electron chi connectivity index (χ2n) is 10.7. The number of carbonyl (C=O) groups excluding carboxylic acids is 1. The molecule has 186 valence electrons. The maximum Gasteiger partial charge on any atom is 0.410 e. The molecule has 36 heavy (non-hydrogen) atoms. The molecule has 1 aliphatic heterocycles.